The number of halogens is 1. The fraction of sp³-hybridized carbons (Fsp3) is 0.571. The van der Waals surface area contributed by atoms with Gasteiger partial charge >= 0.3 is 0 Å². The molecule has 2 nitrogen and oxygen atoms in total. The first-order valence-electron chi connectivity index (χ1n) is 6.25. The maximum atomic E-state index is 6.05. The molecule has 18 heavy (non-hydrogen) atoms. The van der Waals surface area contributed by atoms with Crippen molar-refractivity contribution in [1.29, 1.82) is 0 Å². The van der Waals surface area contributed by atoms with Crippen LogP contribution >= 0.6 is 15.9 Å². The molecule has 1 aromatic rings. The monoisotopic (exact) mass is 330 g/mol. The normalized spacial score (nSPS) is 12.6. The summed E-state index contributed by atoms with van der Waals surface area (Å²) in [6, 6.07) is 7.87. The van der Waals surface area contributed by atoms with Crippen LogP contribution in [0, 0.1) is 0 Å². The van der Waals surface area contributed by atoms with Gasteiger partial charge in [-0.1, -0.05) is 42.8 Å². The lowest BCUT2D eigenvalue weighted by Gasteiger charge is -2.36. The average Bonchev–Trinajstić information content (AvgIpc) is 2.23. The van der Waals surface area contributed by atoms with Crippen LogP contribution in [0.5, 0.6) is 5.75 Å². The topological polar surface area (TPSA) is 18.5 Å². The Morgan fingerprint density at radius 3 is 2.39 bits per heavy atom. The minimum Gasteiger partial charge on any atom is -0.491 e. The highest BCUT2D eigenvalue weighted by atomic mass is 79.9. The summed E-state index contributed by atoms with van der Waals surface area (Å²) in [4.78, 5) is 0. The Hall–Kier alpha value is -0.323. The number of hydrogen-bond donors (Lipinski definition) is 0. The van der Waals surface area contributed by atoms with E-state index in [2.05, 4.69) is 49.8 Å². The smallest absolute Gasteiger partial charge is 0.192 e. The summed E-state index contributed by atoms with van der Waals surface area (Å²) in [5.41, 5.74) is 0. The third-order valence-corrected chi connectivity index (χ3v) is 8.45. The molecule has 0 amide bonds. The van der Waals surface area contributed by atoms with Crippen molar-refractivity contribution < 1.29 is 9.16 Å². The maximum Gasteiger partial charge on any atom is 0.192 e. The van der Waals surface area contributed by atoms with Gasteiger partial charge in [0, 0.05) is 4.47 Å². The van der Waals surface area contributed by atoms with Crippen LogP contribution in [-0.4, -0.2) is 21.5 Å². The van der Waals surface area contributed by atoms with Crippen LogP contribution in [-0.2, 0) is 4.43 Å². The molecule has 1 aromatic carbocycles. The summed E-state index contributed by atoms with van der Waals surface area (Å²) in [6.45, 7) is 12.5. The molecule has 1 rings (SSSR count). The van der Waals surface area contributed by atoms with Gasteiger partial charge in [-0.15, -0.1) is 0 Å². The van der Waals surface area contributed by atoms with Gasteiger partial charge in [0.05, 0.1) is 6.61 Å². The molecule has 0 fully saturated rings. The van der Waals surface area contributed by atoms with Crippen LogP contribution in [0.1, 0.15) is 20.8 Å². The highest BCUT2D eigenvalue weighted by Crippen LogP contribution is 2.36. The Bertz CT molecular complexity index is 386. The Morgan fingerprint density at radius 2 is 1.83 bits per heavy atom. The standard InChI is InChI=1S/C14H23BrO2Si/c1-14(2,3)18(4,5)17-10-9-16-13-8-6-7-12(15)11-13/h6-8,11H,9-10H2,1-5H3. The number of hydrogen-bond acceptors (Lipinski definition) is 2. The van der Waals surface area contributed by atoms with Gasteiger partial charge in [-0.3, -0.25) is 0 Å². The Labute approximate surface area is 120 Å². The van der Waals surface area contributed by atoms with Crippen molar-refractivity contribution in [2.45, 2.75) is 38.9 Å². The minimum atomic E-state index is -1.64. The molecular formula is C14H23BrO2Si. The fourth-order valence-electron chi connectivity index (χ4n) is 1.23. The molecule has 102 valence electrons. The van der Waals surface area contributed by atoms with Gasteiger partial charge in [0.15, 0.2) is 8.32 Å². The lowest BCUT2D eigenvalue weighted by atomic mass is 10.2. The van der Waals surface area contributed by atoms with Gasteiger partial charge in [0.25, 0.3) is 0 Å². The van der Waals surface area contributed by atoms with Crippen molar-refractivity contribution in [2.24, 2.45) is 0 Å². The van der Waals surface area contributed by atoms with Crippen LogP contribution in [0.4, 0.5) is 0 Å². The predicted molar refractivity (Wildman–Crippen MR) is 82.8 cm³/mol. The summed E-state index contributed by atoms with van der Waals surface area (Å²) in [5.74, 6) is 0.878. The van der Waals surface area contributed by atoms with E-state index in [0.29, 0.717) is 13.2 Å². The summed E-state index contributed by atoms with van der Waals surface area (Å²) in [6.07, 6.45) is 0. The predicted octanol–water partition coefficient (Wildman–Crippen LogP) is 4.85. The fourth-order valence-corrected chi connectivity index (χ4v) is 2.63. The van der Waals surface area contributed by atoms with Gasteiger partial charge in [0.1, 0.15) is 12.4 Å². The number of rotatable bonds is 5. The Morgan fingerprint density at radius 1 is 1.17 bits per heavy atom. The average molecular weight is 331 g/mol. The van der Waals surface area contributed by atoms with Gasteiger partial charge in [-0.25, -0.2) is 0 Å². The molecule has 0 N–H and O–H groups in total. The first-order chi connectivity index (χ1) is 8.22. The molecule has 0 bridgehead atoms. The van der Waals surface area contributed by atoms with Crippen molar-refractivity contribution in [2.75, 3.05) is 13.2 Å². The first kappa shape index (κ1) is 15.7. The first-order valence-corrected chi connectivity index (χ1v) is 9.95. The molecule has 0 heterocycles. The second-order valence-electron chi connectivity index (χ2n) is 5.91. The van der Waals surface area contributed by atoms with E-state index >= 15 is 0 Å². The SMILES string of the molecule is CC(C)(C)[Si](C)(C)OCCOc1cccc(Br)c1. The maximum absolute atomic E-state index is 6.05. The van der Waals surface area contributed by atoms with E-state index in [0.717, 1.165) is 10.2 Å². The molecule has 4 heteroatoms. The van der Waals surface area contributed by atoms with E-state index in [1.165, 1.54) is 0 Å². The molecule has 0 aliphatic heterocycles. The van der Waals surface area contributed by atoms with Crippen molar-refractivity contribution in [1.82, 2.24) is 0 Å². The summed E-state index contributed by atoms with van der Waals surface area (Å²) >= 11 is 3.42. The molecule has 0 saturated heterocycles. The summed E-state index contributed by atoms with van der Waals surface area (Å²) in [7, 11) is -1.64. The highest BCUT2D eigenvalue weighted by Gasteiger charge is 2.36. The molecule has 0 aromatic heterocycles. The third-order valence-electron chi connectivity index (χ3n) is 3.42. The van der Waals surface area contributed by atoms with Crippen molar-refractivity contribution in [3.8, 4) is 5.75 Å². The number of benzene rings is 1. The van der Waals surface area contributed by atoms with Crippen molar-refractivity contribution >= 4 is 24.2 Å². The largest absolute Gasteiger partial charge is 0.491 e. The van der Waals surface area contributed by atoms with Crippen LogP contribution in [0.25, 0.3) is 0 Å². The van der Waals surface area contributed by atoms with E-state index in [-0.39, 0.29) is 5.04 Å². The zero-order valence-corrected chi connectivity index (χ0v) is 14.5. The number of ether oxygens (including phenoxy) is 1. The van der Waals surface area contributed by atoms with Crippen molar-refractivity contribution in [3.05, 3.63) is 28.7 Å². The lowest BCUT2D eigenvalue weighted by Crippen LogP contribution is -2.41. The molecule has 0 saturated carbocycles. The van der Waals surface area contributed by atoms with Crippen molar-refractivity contribution in [3.63, 3.8) is 0 Å². The quantitative estimate of drug-likeness (QED) is 0.567. The molecule has 0 aliphatic carbocycles. The summed E-state index contributed by atoms with van der Waals surface area (Å²) in [5, 5.41) is 0.253. The third kappa shape index (κ3) is 4.75. The van der Waals surface area contributed by atoms with Gasteiger partial charge in [-0.2, -0.15) is 0 Å². The molecule has 0 aliphatic rings. The van der Waals surface area contributed by atoms with E-state index in [1.807, 2.05) is 24.3 Å². The second kappa shape index (κ2) is 6.22. The zero-order valence-electron chi connectivity index (χ0n) is 11.9. The van der Waals surface area contributed by atoms with Crippen LogP contribution in [0.3, 0.4) is 0 Å². The van der Waals surface area contributed by atoms with Crippen LogP contribution in [0.2, 0.25) is 18.1 Å². The summed E-state index contributed by atoms with van der Waals surface area (Å²) < 4.78 is 12.7. The minimum absolute atomic E-state index is 0.253. The van der Waals surface area contributed by atoms with Gasteiger partial charge in [0.2, 0.25) is 0 Å². The van der Waals surface area contributed by atoms with E-state index in [4.69, 9.17) is 9.16 Å². The Kier molecular flexibility index (Phi) is 5.43. The molecule has 0 spiro atoms. The van der Waals surface area contributed by atoms with Gasteiger partial charge in [-0.05, 0) is 36.3 Å². The zero-order chi connectivity index (χ0) is 13.8. The molecule has 0 atom stereocenters. The second-order valence-corrected chi connectivity index (χ2v) is 11.6. The lowest BCUT2D eigenvalue weighted by molar-refractivity contribution is 0.203. The molecular weight excluding hydrogens is 308 g/mol. The Balaban J connectivity index is 2.35. The van der Waals surface area contributed by atoms with E-state index < -0.39 is 8.32 Å². The molecule has 0 unspecified atom stereocenters. The highest BCUT2D eigenvalue weighted by molar-refractivity contribution is 9.10. The van der Waals surface area contributed by atoms with Gasteiger partial charge < -0.3 is 9.16 Å². The van der Waals surface area contributed by atoms with Crippen LogP contribution < -0.4 is 4.74 Å². The van der Waals surface area contributed by atoms with Crippen LogP contribution in [0.15, 0.2) is 28.7 Å². The molecule has 0 radical (unpaired) electrons. The van der Waals surface area contributed by atoms with E-state index in [9.17, 15) is 0 Å². The van der Waals surface area contributed by atoms with E-state index in [1.54, 1.807) is 0 Å².